The summed E-state index contributed by atoms with van der Waals surface area (Å²) in [6.07, 6.45) is 1.99. The van der Waals surface area contributed by atoms with Gasteiger partial charge in [-0.2, -0.15) is 0 Å². The van der Waals surface area contributed by atoms with E-state index >= 15 is 0 Å². The summed E-state index contributed by atoms with van der Waals surface area (Å²) in [5.41, 5.74) is 6.24. The van der Waals surface area contributed by atoms with E-state index in [2.05, 4.69) is 19.1 Å². The third-order valence-corrected chi connectivity index (χ3v) is 4.98. The predicted molar refractivity (Wildman–Crippen MR) is 75.2 cm³/mol. The maximum Gasteiger partial charge on any atom is 0.134 e. The third-order valence-electron chi connectivity index (χ3n) is 2.70. The zero-order valence-corrected chi connectivity index (χ0v) is 11.7. The van der Waals surface area contributed by atoms with E-state index in [1.807, 2.05) is 22.8 Å². The van der Waals surface area contributed by atoms with Crippen molar-refractivity contribution in [2.45, 2.75) is 25.8 Å². The Morgan fingerprint density at radius 3 is 2.71 bits per heavy atom. The van der Waals surface area contributed by atoms with Crippen molar-refractivity contribution < 1.29 is 4.74 Å². The molecule has 2 rings (SSSR count). The lowest BCUT2D eigenvalue weighted by Crippen LogP contribution is -2.11. The second-order valence-corrected chi connectivity index (χ2v) is 6.09. The highest BCUT2D eigenvalue weighted by Crippen LogP contribution is 2.32. The van der Waals surface area contributed by atoms with Gasteiger partial charge in [-0.1, -0.05) is 6.92 Å². The first-order valence-corrected chi connectivity index (χ1v) is 7.38. The Morgan fingerprint density at radius 2 is 2.06 bits per heavy atom. The lowest BCUT2D eigenvalue weighted by Gasteiger charge is -2.10. The van der Waals surface area contributed by atoms with Crippen LogP contribution in [0.15, 0.2) is 23.6 Å². The van der Waals surface area contributed by atoms with Crippen molar-refractivity contribution in [1.29, 1.82) is 0 Å². The van der Waals surface area contributed by atoms with Crippen LogP contribution in [0.1, 0.15) is 27.6 Å². The number of hydrogen-bond acceptors (Lipinski definition) is 4. The zero-order valence-electron chi connectivity index (χ0n) is 10.1. The van der Waals surface area contributed by atoms with Crippen LogP contribution < -0.4 is 10.5 Å². The molecular weight excluding hydrogens is 250 g/mol. The van der Waals surface area contributed by atoms with Crippen molar-refractivity contribution in [2.24, 2.45) is 5.73 Å². The molecule has 1 unspecified atom stereocenters. The van der Waals surface area contributed by atoms with Gasteiger partial charge in [0.05, 0.1) is 12.0 Å². The van der Waals surface area contributed by atoms with E-state index in [9.17, 15) is 0 Å². The van der Waals surface area contributed by atoms with Crippen LogP contribution in [0.3, 0.4) is 0 Å². The minimum absolute atomic E-state index is 0.0355. The van der Waals surface area contributed by atoms with Gasteiger partial charge < -0.3 is 10.5 Å². The molecule has 2 N–H and O–H groups in total. The van der Waals surface area contributed by atoms with Crippen LogP contribution >= 0.6 is 22.7 Å². The molecule has 17 heavy (non-hydrogen) atoms. The van der Waals surface area contributed by atoms with Gasteiger partial charge in [-0.25, -0.2) is 0 Å². The number of hydrogen-bond donors (Lipinski definition) is 1. The number of methoxy groups -OCH3 is 1. The first-order chi connectivity index (χ1) is 8.24. The summed E-state index contributed by atoms with van der Waals surface area (Å²) in [6, 6.07) is 6.39. The molecule has 0 spiro atoms. The maximum absolute atomic E-state index is 6.24. The summed E-state index contributed by atoms with van der Waals surface area (Å²) >= 11 is 3.52. The SMILES string of the molecule is CCc1ccc(CC(N)c2sccc2OC)s1. The van der Waals surface area contributed by atoms with Crippen LogP contribution in [0, 0.1) is 0 Å². The number of thiophene rings is 2. The number of rotatable bonds is 5. The highest BCUT2D eigenvalue weighted by molar-refractivity contribution is 7.12. The summed E-state index contributed by atoms with van der Waals surface area (Å²) in [4.78, 5) is 3.91. The van der Waals surface area contributed by atoms with Gasteiger partial charge in [0, 0.05) is 22.2 Å². The van der Waals surface area contributed by atoms with E-state index in [1.165, 1.54) is 9.75 Å². The standard InChI is InChI=1S/C13H17NOS2/c1-3-9-4-5-10(17-9)8-11(14)13-12(15-2)6-7-16-13/h4-7,11H,3,8,14H2,1-2H3. The molecule has 2 heterocycles. The fraction of sp³-hybridized carbons (Fsp3) is 0.385. The monoisotopic (exact) mass is 267 g/mol. The van der Waals surface area contributed by atoms with Crippen molar-refractivity contribution in [1.82, 2.24) is 0 Å². The Balaban J connectivity index is 2.08. The van der Waals surface area contributed by atoms with Gasteiger partial charge in [0.2, 0.25) is 0 Å². The molecule has 0 aliphatic carbocycles. The van der Waals surface area contributed by atoms with Gasteiger partial charge in [0.1, 0.15) is 5.75 Å². The molecule has 0 radical (unpaired) electrons. The highest BCUT2D eigenvalue weighted by atomic mass is 32.1. The Hall–Kier alpha value is -0.840. The molecule has 2 aromatic heterocycles. The molecule has 0 aliphatic rings. The number of nitrogens with two attached hydrogens (primary N) is 1. The topological polar surface area (TPSA) is 35.2 Å². The third kappa shape index (κ3) is 2.89. The molecule has 0 saturated heterocycles. The highest BCUT2D eigenvalue weighted by Gasteiger charge is 2.14. The molecule has 0 fully saturated rings. The summed E-state index contributed by atoms with van der Waals surface area (Å²) in [7, 11) is 1.69. The van der Waals surface area contributed by atoms with Crippen molar-refractivity contribution in [3.05, 3.63) is 38.2 Å². The first kappa shape index (κ1) is 12.6. The van der Waals surface area contributed by atoms with E-state index in [0.29, 0.717) is 0 Å². The largest absolute Gasteiger partial charge is 0.496 e. The summed E-state index contributed by atoms with van der Waals surface area (Å²) in [5.74, 6) is 0.912. The van der Waals surface area contributed by atoms with E-state index in [-0.39, 0.29) is 6.04 Å². The van der Waals surface area contributed by atoms with Crippen LogP contribution in [-0.2, 0) is 12.8 Å². The molecule has 0 aromatic carbocycles. The maximum atomic E-state index is 6.24. The minimum atomic E-state index is 0.0355. The van der Waals surface area contributed by atoms with Crippen molar-refractivity contribution in [3.8, 4) is 5.75 Å². The quantitative estimate of drug-likeness (QED) is 0.898. The van der Waals surface area contributed by atoms with Crippen LogP contribution in [0.2, 0.25) is 0 Å². The Labute approximate surface area is 110 Å². The molecular formula is C13H17NOS2. The number of aryl methyl sites for hydroxylation is 1. The Morgan fingerprint density at radius 1 is 1.29 bits per heavy atom. The fourth-order valence-electron chi connectivity index (χ4n) is 1.78. The van der Waals surface area contributed by atoms with Gasteiger partial charge in [-0.05, 0) is 30.0 Å². The van der Waals surface area contributed by atoms with Gasteiger partial charge in [0.15, 0.2) is 0 Å². The second kappa shape index (κ2) is 5.67. The summed E-state index contributed by atoms with van der Waals surface area (Å²) in [5, 5.41) is 2.03. The van der Waals surface area contributed by atoms with Crippen LogP contribution in [0.4, 0.5) is 0 Å². The first-order valence-electron chi connectivity index (χ1n) is 5.69. The summed E-state index contributed by atoms with van der Waals surface area (Å²) in [6.45, 7) is 2.18. The van der Waals surface area contributed by atoms with Gasteiger partial charge in [0.25, 0.3) is 0 Å². The molecule has 4 heteroatoms. The smallest absolute Gasteiger partial charge is 0.134 e. The zero-order chi connectivity index (χ0) is 12.3. The Bertz CT molecular complexity index is 475. The van der Waals surface area contributed by atoms with E-state index in [4.69, 9.17) is 10.5 Å². The minimum Gasteiger partial charge on any atom is -0.496 e. The lowest BCUT2D eigenvalue weighted by atomic mass is 10.1. The second-order valence-electron chi connectivity index (χ2n) is 3.89. The predicted octanol–water partition coefficient (Wildman–Crippen LogP) is 3.62. The molecule has 0 amide bonds. The van der Waals surface area contributed by atoms with Crippen LogP contribution in [0.5, 0.6) is 5.75 Å². The normalized spacial score (nSPS) is 12.6. The average molecular weight is 267 g/mol. The van der Waals surface area contributed by atoms with Crippen LogP contribution in [0.25, 0.3) is 0 Å². The molecule has 2 nitrogen and oxygen atoms in total. The van der Waals surface area contributed by atoms with E-state index in [1.54, 1.807) is 18.4 Å². The van der Waals surface area contributed by atoms with Gasteiger partial charge >= 0.3 is 0 Å². The lowest BCUT2D eigenvalue weighted by molar-refractivity contribution is 0.409. The molecule has 1 atom stereocenters. The van der Waals surface area contributed by atoms with Gasteiger partial charge in [-0.15, -0.1) is 22.7 Å². The van der Waals surface area contributed by atoms with E-state index < -0.39 is 0 Å². The molecule has 92 valence electrons. The van der Waals surface area contributed by atoms with E-state index in [0.717, 1.165) is 23.5 Å². The molecule has 0 aliphatic heterocycles. The molecule has 0 saturated carbocycles. The fourth-order valence-corrected chi connectivity index (χ4v) is 3.66. The summed E-state index contributed by atoms with van der Waals surface area (Å²) < 4.78 is 5.30. The van der Waals surface area contributed by atoms with Crippen molar-refractivity contribution in [2.75, 3.05) is 7.11 Å². The average Bonchev–Trinajstić information content (AvgIpc) is 2.96. The van der Waals surface area contributed by atoms with Crippen molar-refractivity contribution in [3.63, 3.8) is 0 Å². The Kier molecular flexibility index (Phi) is 4.20. The number of ether oxygens (including phenoxy) is 1. The van der Waals surface area contributed by atoms with Gasteiger partial charge in [-0.3, -0.25) is 0 Å². The van der Waals surface area contributed by atoms with Crippen LogP contribution in [-0.4, -0.2) is 7.11 Å². The molecule has 0 bridgehead atoms. The van der Waals surface area contributed by atoms with Crippen molar-refractivity contribution >= 4 is 22.7 Å². The molecule has 2 aromatic rings.